The Bertz CT molecular complexity index is 31.0. The highest BCUT2D eigenvalue weighted by Gasteiger charge is 1.92. The summed E-state index contributed by atoms with van der Waals surface area (Å²) in [5, 5.41) is 24.4. The van der Waals surface area contributed by atoms with Crippen molar-refractivity contribution in [1.82, 2.24) is 5.32 Å². The number of nitrogens with one attached hydrogen (secondary N) is 1. The second-order valence-electron chi connectivity index (χ2n) is 1.05. The van der Waals surface area contributed by atoms with E-state index in [1.54, 1.807) is 0 Å². The Labute approximate surface area is 49.3 Å². The highest BCUT2D eigenvalue weighted by molar-refractivity contribution is 6.30. The van der Waals surface area contributed by atoms with Crippen molar-refractivity contribution in [3.8, 4) is 0 Å². The van der Waals surface area contributed by atoms with E-state index < -0.39 is 7.32 Å². The quantitative estimate of drug-likeness (QED) is 0.308. The van der Waals surface area contributed by atoms with Gasteiger partial charge in [-0.1, -0.05) is 6.92 Å². The van der Waals surface area contributed by atoms with E-state index in [0.717, 1.165) is 6.54 Å². The Hall–Kier alpha value is -0.0951. The Morgan fingerprint density at radius 2 is 1.50 bits per heavy atom. The van der Waals surface area contributed by atoms with Crippen LogP contribution in [0.5, 0.6) is 0 Å². The zero-order valence-electron chi connectivity index (χ0n) is 5.13. The molecule has 0 aliphatic heterocycles. The van der Waals surface area contributed by atoms with Gasteiger partial charge in [0, 0.05) is 0 Å². The summed E-state index contributed by atoms with van der Waals surface area (Å²) in [4.78, 5) is 0. The monoisotopic (exact) mass is 121 g/mol. The third-order valence-electron chi connectivity index (χ3n) is 0.354. The molecule has 0 spiro atoms. The Morgan fingerprint density at radius 3 is 1.50 bits per heavy atom. The molecule has 0 amide bonds. The predicted octanol–water partition coefficient (Wildman–Crippen LogP) is -1.83. The molecule has 8 heavy (non-hydrogen) atoms. The summed E-state index contributed by atoms with van der Waals surface area (Å²) in [7, 11) is -0.236. The lowest BCUT2D eigenvalue weighted by Crippen LogP contribution is -2.07. The molecule has 0 bridgehead atoms. The van der Waals surface area contributed by atoms with Crippen LogP contribution in [0.3, 0.4) is 0 Å². The minimum atomic E-state index is -2.17. The molecule has 4 N–H and O–H groups in total. The van der Waals surface area contributed by atoms with Crippen LogP contribution in [0, 0.1) is 0 Å². The molecular weight excluding hydrogens is 109 g/mol. The summed E-state index contributed by atoms with van der Waals surface area (Å²) in [5.74, 6) is 0. The van der Waals surface area contributed by atoms with Gasteiger partial charge in [-0.2, -0.15) is 0 Å². The maximum absolute atomic E-state index is 7.17. The van der Waals surface area contributed by atoms with E-state index in [2.05, 4.69) is 12.2 Å². The summed E-state index contributed by atoms with van der Waals surface area (Å²) in [6, 6.07) is 0. The van der Waals surface area contributed by atoms with Crippen LogP contribution < -0.4 is 5.32 Å². The summed E-state index contributed by atoms with van der Waals surface area (Å²) < 4.78 is 0. The van der Waals surface area contributed by atoms with Gasteiger partial charge in [0.05, 0.1) is 0 Å². The average Bonchev–Trinajstić information content (AvgIpc) is 1.65. The van der Waals surface area contributed by atoms with Crippen molar-refractivity contribution in [3.05, 3.63) is 0 Å². The molecule has 0 radical (unpaired) electrons. The topological polar surface area (TPSA) is 72.7 Å². The predicted molar refractivity (Wildman–Crippen MR) is 32.0 cm³/mol. The summed E-state index contributed by atoms with van der Waals surface area (Å²) in [5.41, 5.74) is 0. The van der Waals surface area contributed by atoms with Crippen molar-refractivity contribution < 1.29 is 15.1 Å². The van der Waals surface area contributed by atoms with Crippen LogP contribution in [0.2, 0.25) is 0 Å². The van der Waals surface area contributed by atoms with Crippen molar-refractivity contribution >= 4 is 7.32 Å². The largest absolute Gasteiger partial charge is 0.631 e. The third-order valence-corrected chi connectivity index (χ3v) is 0.354. The molecule has 0 aromatic carbocycles. The zero-order chi connectivity index (χ0) is 6.99. The molecule has 0 fully saturated rings. The molecule has 0 aromatic rings. The fourth-order valence-electron chi connectivity index (χ4n) is 0. The Morgan fingerprint density at radius 1 is 1.38 bits per heavy atom. The van der Waals surface area contributed by atoms with Gasteiger partial charge >= 0.3 is 7.32 Å². The molecule has 0 aromatic heterocycles. The first-order valence-corrected chi connectivity index (χ1v) is 2.34. The lowest BCUT2D eigenvalue weighted by Gasteiger charge is -1.76. The lowest BCUT2D eigenvalue weighted by atomic mass is 10.3. The minimum absolute atomic E-state index is 1.07. The molecule has 0 aliphatic carbocycles. The van der Waals surface area contributed by atoms with Crippen molar-refractivity contribution in [2.24, 2.45) is 0 Å². The van der Waals surface area contributed by atoms with E-state index in [-0.39, 0.29) is 0 Å². The van der Waals surface area contributed by atoms with Gasteiger partial charge in [-0.05, 0) is 13.6 Å². The summed E-state index contributed by atoms with van der Waals surface area (Å²) in [6.45, 7) is 3.14. The Kier molecular flexibility index (Phi) is 13.5. The molecule has 0 heterocycles. The Balaban J connectivity index is 0. The molecule has 0 saturated carbocycles. The fourth-order valence-corrected chi connectivity index (χ4v) is 0. The van der Waals surface area contributed by atoms with Crippen LogP contribution in [0.15, 0.2) is 0 Å². The minimum Gasteiger partial charge on any atom is -0.402 e. The van der Waals surface area contributed by atoms with Crippen molar-refractivity contribution in [2.75, 3.05) is 13.6 Å². The van der Waals surface area contributed by atoms with Gasteiger partial charge in [-0.25, -0.2) is 0 Å². The van der Waals surface area contributed by atoms with Gasteiger partial charge < -0.3 is 20.4 Å². The average molecular weight is 121 g/mol. The normalized spacial score (nSPS) is 7.12. The maximum atomic E-state index is 7.17. The molecule has 0 rings (SSSR count). The van der Waals surface area contributed by atoms with Gasteiger partial charge in [0.1, 0.15) is 0 Å². The van der Waals surface area contributed by atoms with Crippen LogP contribution in [0.1, 0.15) is 6.92 Å². The van der Waals surface area contributed by atoms with Crippen LogP contribution in [0.4, 0.5) is 0 Å². The molecule has 0 atom stereocenters. The molecule has 0 unspecified atom stereocenters. The number of rotatable bonds is 1. The summed E-state index contributed by atoms with van der Waals surface area (Å²) in [6.07, 6.45) is 0. The first-order chi connectivity index (χ1) is 3.65. The molecule has 4 nitrogen and oxygen atoms in total. The lowest BCUT2D eigenvalue weighted by molar-refractivity contribution is 0.278. The van der Waals surface area contributed by atoms with Gasteiger partial charge in [-0.3, -0.25) is 0 Å². The van der Waals surface area contributed by atoms with E-state index in [1.165, 1.54) is 0 Å². The number of hydrogen-bond donors (Lipinski definition) is 4. The molecular formula is C3H12BNO3. The van der Waals surface area contributed by atoms with Gasteiger partial charge in [0.2, 0.25) is 0 Å². The van der Waals surface area contributed by atoms with E-state index in [1.807, 2.05) is 7.05 Å². The zero-order valence-corrected chi connectivity index (χ0v) is 5.13. The number of hydrogen-bond acceptors (Lipinski definition) is 4. The molecule has 0 saturated heterocycles. The van der Waals surface area contributed by atoms with Crippen molar-refractivity contribution in [1.29, 1.82) is 0 Å². The second kappa shape index (κ2) is 10.0. The first-order valence-electron chi connectivity index (χ1n) is 2.34. The second-order valence-corrected chi connectivity index (χ2v) is 1.05. The van der Waals surface area contributed by atoms with Gasteiger partial charge in [0.25, 0.3) is 0 Å². The molecule has 0 aliphatic rings. The maximum Gasteiger partial charge on any atom is 0.631 e. The summed E-state index contributed by atoms with van der Waals surface area (Å²) >= 11 is 0. The van der Waals surface area contributed by atoms with Crippen LogP contribution in [-0.4, -0.2) is 36.0 Å². The van der Waals surface area contributed by atoms with Crippen molar-refractivity contribution in [3.63, 3.8) is 0 Å². The van der Waals surface area contributed by atoms with E-state index >= 15 is 0 Å². The molecule has 5 heteroatoms. The SMILES string of the molecule is CCNC.OB(O)O. The fraction of sp³-hybridized carbons (Fsp3) is 1.00. The third kappa shape index (κ3) is 173. The van der Waals surface area contributed by atoms with Gasteiger partial charge in [-0.15, -0.1) is 0 Å². The highest BCUT2D eigenvalue weighted by Crippen LogP contribution is 1.40. The van der Waals surface area contributed by atoms with Crippen LogP contribution >= 0.6 is 0 Å². The van der Waals surface area contributed by atoms with E-state index in [9.17, 15) is 0 Å². The first kappa shape index (κ1) is 10.8. The highest BCUT2D eigenvalue weighted by atomic mass is 16.5. The van der Waals surface area contributed by atoms with E-state index in [4.69, 9.17) is 15.1 Å². The standard InChI is InChI=1S/C3H9N.BH3O3/c1-3-4-2;2-1(3)4/h4H,3H2,1-2H3;2-4H. The van der Waals surface area contributed by atoms with E-state index in [0.29, 0.717) is 0 Å². The van der Waals surface area contributed by atoms with Crippen LogP contribution in [0.25, 0.3) is 0 Å². The molecule has 50 valence electrons. The van der Waals surface area contributed by atoms with Gasteiger partial charge in [0.15, 0.2) is 0 Å². The smallest absolute Gasteiger partial charge is 0.402 e. The van der Waals surface area contributed by atoms with Crippen LogP contribution in [-0.2, 0) is 0 Å². The van der Waals surface area contributed by atoms with Crippen molar-refractivity contribution in [2.45, 2.75) is 6.92 Å².